The number of carbonyl (C=O) groups excluding carboxylic acids is 2. The van der Waals surface area contributed by atoms with Crippen molar-refractivity contribution < 1.29 is 19.1 Å². The van der Waals surface area contributed by atoms with Crippen LogP contribution in [0.5, 0.6) is 5.75 Å². The van der Waals surface area contributed by atoms with Crippen molar-refractivity contribution in [3.05, 3.63) is 59.7 Å². The van der Waals surface area contributed by atoms with Crippen molar-refractivity contribution in [2.45, 2.75) is 52.4 Å². The van der Waals surface area contributed by atoms with E-state index in [2.05, 4.69) is 53.6 Å². The normalized spacial score (nSPS) is 21.7. The van der Waals surface area contributed by atoms with Crippen LogP contribution in [-0.2, 0) is 11.3 Å². The van der Waals surface area contributed by atoms with Crippen LogP contribution in [0.15, 0.2) is 48.5 Å². The number of amides is 3. The number of hydrogen-bond donors (Lipinski definition) is 2. The second kappa shape index (κ2) is 12.7. The summed E-state index contributed by atoms with van der Waals surface area (Å²) in [4.78, 5) is 29.8. The number of fused-ring (bicyclic) bond motifs is 1. The van der Waals surface area contributed by atoms with E-state index in [-0.39, 0.29) is 36.0 Å². The molecule has 3 rings (SSSR count). The van der Waals surface area contributed by atoms with E-state index in [0.717, 1.165) is 13.1 Å². The van der Waals surface area contributed by atoms with Gasteiger partial charge in [-0.3, -0.25) is 9.69 Å². The number of benzene rings is 2. The highest BCUT2D eigenvalue weighted by atomic mass is 16.5. The van der Waals surface area contributed by atoms with Gasteiger partial charge in [-0.2, -0.15) is 0 Å². The van der Waals surface area contributed by atoms with Gasteiger partial charge in [0.15, 0.2) is 0 Å². The van der Waals surface area contributed by atoms with Gasteiger partial charge in [-0.05, 0) is 50.5 Å². The summed E-state index contributed by atoms with van der Waals surface area (Å²) in [5.41, 5.74) is 2.17. The van der Waals surface area contributed by atoms with Crippen molar-refractivity contribution in [2.75, 3.05) is 39.2 Å². The monoisotopic (exact) mass is 496 g/mol. The van der Waals surface area contributed by atoms with Crippen LogP contribution in [0.3, 0.4) is 0 Å². The van der Waals surface area contributed by atoms with E-state index >= 15 is 0 Å². The minimum Gasteiger partial charge on any atom is -0.491 e. The number of urea groups is 1. The van der Waals surface area contributed by atoms with Crippen molar-refractivity contribution in [1.82, 2.24) is 15.1 Å². The molecule has 0 radical (unpaired) electrons. The molecule has 2 aromatic carbocycles. The van der Waals surface area contributed by atoms with Crippen LogP contribution in [-0.4, -0.2) is 73.8 Å². The van der Waals surface area contributed by atoms with Gasteiger partial charge in [0.1, 0.15) is 12.4 Å². The first kappa shape index (κ1) is 27.5. The van der Waals surface area contributed by atoms with Gasteiger partial charge in [0.25, 0.3) is 5.91 Å². The molecule has 0 unspecified atom stereocenters. The van der Waals surface area contributed by atoms with Gasteiger partial charge in [-0.1, -0.05) is 37.3 Å². The quantitative estimate of drug-likeness (QED) is 0.648. The number of hydrogen-bond acceptors (Lipinski definition) is 5. The van der Waals surface area contributed by atoms with E-state index in [1.807, 2.05) is 19.9 Å². The molecule has 0 fully saturated rings. The van der Waals surface area contributed by atoms with Crippen molar-refractivity contribution in [2.24, 2.45) is 5.92 Å². The van der Waals surface area contributed by atoms with Crippen molar-refractivity contribution in [1.29, 1.82) is 0 Å². The maximum absolute atomic E-state index is 13.5. The van der Waals surface area contributed by atoms with E-state index in [1.165, 1.54) is 5.56 Å². The Morgan fingerprint density at radius 3 is 2.53 bits per heavy atom. The Morgan fingerprint density at radius 2 is 1.86 bits per heavy atom. The number of ether oxygens (including phenoxy) is 2. The summed E-state index contributed by atoms with van der Waals surface area (Å²) in [6, 6.07) is 15.4. The molecule has 36 heavy (non-hydrogen) atoms. The standard InChI is InChI=1S/C28H40N4O4/c1-19(2)29-28(34)30-23-12-13-25-24(14-23)27(33)31(5)17-26(35-6)20(3)15-32(21(4)18-36-25)16-22-10-8-7-9-11-22/h7-14,19-21,26H,15-18H2,1-6H3,(H2,29,30,34)/t20-,21+,26-/m0/s1. The smallest absolute Gasteiger partial charge is 0.319 e. The van der Waals surface area contributed by atoms with Crippen LogP contribution < -0.4 is 15.4 Å². The molecule has 196 valence electrons. The van der Waals surface area contributed by atoms with E-state index in [4.69, 9.17) is 9.47 Å². The maximum Gasteiger partial charge on any atom is 0.319 e. The third-order valence-corrected chi connectivity index (χ3v) is 6.48. The Labute approximate surface area is 214 Å². The zero-order chi connectivity index (χ0) is 26.2. The third-order valence-electron chi connectivity index (χ3n) is 6.48. The van der Waals surface area contributed by atoms with Crippen LogP contribution in [0, 0.1) is 5.92 Å². The zero-order valence-electron chi connectivity index (χ0n) is 22.3. The second-order valence-electron chi connectivity index (χ2n) is 9.98. The highest BCUT2D eigenvalue weighted by Crippen LogP contribution is 2.27. The molecule has 0 bridgehead atoms. The third kappa shape index (κ3) is 7.45. The summed E-state index contributed by atoms with van der Waals surface area (Å²) >= 11 is 0. The first-order valence-corrected chi connectivity index (χ1v) is 12.6. The molecule has 0 spiro atoms. The second-order valence-corrected chi connectivity index (χ2v) is 9.98. The zero-order valence-corrected chi connectivity index (χ0v) is 22.3. The highest BCUT2D eigenvalue weighted by molar-refractivity contribution is 5.99. The summed E-state index contributed by atoms with van der Waals surface area (Å²) in [7, 11) is 3.47. The van der Waals surface area contributed by atoms with Crippen LogP contribution in [0.1, 0.15) is 43.6 Å². The van der Waals surface area contributed by atoms with E-state index in [9.17, 15) is 9.59 Å². The largest absolute Gasteiger partial charge is 0.491 e. The molecule has 3 atom stereocenters. The molecule has 8 heteroatoms. The van der Waals surface area contributed by atoms with Crippen LogP contribution in [0.4, 0.5) is 10.5 Å². The van der Waals surface area contributed by atoms with Gasteiger partial charge in [-0.25, -0.2) is 4.79 Å². The van der Waals surface area contributed by atoms with Crippen molar-refractivity contribution in [3.8, 4) is 5.75 Å². The molecule has 1 heterocycles. The number of anilines is 1. The lowest BCUT2D eigenvalue weighted by Crippen LogP contribution is -2.46. The number of rotatable bonds is 5. The average molecular weight is 497 g/mol. The van der Waals surface area contributed by atoms with Crippen LogP contribution in [0.25, 0.3) is 0 Å². The topological polar surface area (TPSA) is 83.1 Å². The molecule has 3 amide bonds. The molecule has 2 aromatic rings. The fourth-order valence-electron chi connectivity index (χ4n) is 4.40. The lowest BCUT2D eigenvalue weighted by Gasteiger charge is -2.36. The molecule has 0 saturated heterocycles. The van der Waals surface area contributed by atoms with Gasteiger partial charge < -0.3 is 25.0 Å². The van der Waals surface area contributed by atoms with E-state index in [0.29, 0.717) is 30.2 Å². The van der Waals surface area contributed by atoms with E-state index < -0.39 is 0 Å². The van der Waals surface area contributed by atoms with Crippen molar-refractivity contribution in [3.63, 3.8) is 0 Å². The molecule has 1 aliphatic heterocycles. The first-order valence-electron chi connectivity index (χ1n) is 12.6. The molecule has 0 saturated carbocycles. The SMILES string of the molecule is CO[C@H]1CN(C)C(=O)c2cc(NC(=O)NC(C)C)ccc2OC[C@@H](C)N(Cc2ccccc2)C[C@@H]1C. The number of likely N-dealkylation sites (N-methyl/N-ethyl adjacent to an activating group) is 1. The molecule has 0 aromatic heterocycles. The predicted octanol–water partition coefficient (Wildman–Crippen LogP) is 4.22. The molecule has 0 aliphatic carbocycles. The molecular weight excluding hydrogens is 456 g/mol. The highest BCUT2D eigenvalue weighted by Gasteiger charge is 2.28. The maximum atomic E-state index is 13.5. The Kier molecular flexibility index (Phi) is 9.73. The molecular formula is C28H40N4O4. The van der Waals surface area contributed by atoms with Gasteiger partial charge in [0, 0.05) is 51.6 Å². The summed E-state index contributed by atoms with van der Waals surface area (Å²) in [6.07, 6.45) is -0.133. The Hall–Kier alpha value is -3.10. The van der Waals surface area contributed by atoms with Crippen LogP contribution in [0.2, 0.25) is 0 Å². The lowest BCUT2D eigenvalue weighted by atomic mass is 10.0. The summed E-state index contributed by atoms with van der Waals surface area (Å²) in [5, 5.41) is 5.60. The average Bonchev–Trinajstić information content (AvgIpc) is 2.84. The van der Waals surface area contributed by atoms with Gasteiger partial charge >= 0.3 is 6.03 Å². The molecule has 8 nitrogen and oxygen atoms in total. The van der Waals surface area contributed by atoms with Gasteiger partial charge in [-0.15, -0.1) is 0 Å². The minimum absolute atomic E-state index is 0.00123. The Balaban J connectivity index is 1.91. The number of carbonyl (C=O) groups is 2. The fraction of sp³-hybridized carbons (Fsp3) is 0.500. The predicted molar refractivity (Wildman–Crippen MR) is 142 cm³/mol. The number of methoxy groups -OCH3 is 1. The summed E-state index contributed by atoms with van der Waals surface area (Å²) in [5.74, 6) is 0.500. The first-order chi connectivity index (χ1) is 17.2. The summed E-state index contributed by atoms with van der Waals surface area (Å²) in [6.45, 7) is 10.5. The molecule has 2 N–H and O–H groups in total. The van der Waals surface area contributed by atoms with Crippen molar-refractivity contribution >= 4 is 17.6 Å². The number of nitrogens with zero attached hydrogens (tertiary/aromatic N) is 2. The lowest BCUT2D eigenvalue weighted by molar-refractivity contribution is 0.00921. The molecule has 1 aliphatic rings. The Bertz CT molecular complexity index is 1010. The van der Waals surface area contributed by atoms with Gasteiger partial charge in [0.05, 0.1) is 11.7 Å². The summed E-state index contributed by atoms with van der Waals surface area (Å²) < 4.78 is 12.1. The van der Waals surface area contributed by atoms with Gasteiger partial charge in [0.2, 0.25) is 0 Å². The van der Waals surface area contributed by atoms with Crippen LogP contribution >= 0.6 is 0 Å². The van der Waals surface area contributed by atoms with E-state index in [1.54, 1.807) is 37.3 Å². The fourth-order valence-corrected chi connectivity index (χ4v) is 4.40. The minimum atomic E-state index is -0.321. The Morgan fingerprint density at radius 1 is 1.14 bits per heavy atom. The number of nitrogens with one attached hydrogen (secondary N) is 2.